The van der Waals surface area contributed by atoms with Crippen LogP contribution in [0.15, 0.2) is 73.1 Å². The number of phosphoric ester groups is 2. The minimum absolute atomic E-state index is 0.101. The fourth-order valence-corrected chi connectivity index (χ4v) is 8.26. The highest BCUT2D eigenvalue weighted by Crippen LogP contribution is 2.60. The SMILES string of the molecule is Cn1nnc(-c2ccc(-c3ccc(N4CC(COP(=O)(O)OP(=O)(O)OCC5CN(c6ccc(-c7ccc(-c8nnn(C)n8)nc7)c(F)c6)C(=O)O5)OC4=O)cc3F)cn2)n1. The van der Waals surface area contributed by atoms with Gasteiger partial charge < -0.3 is 19.3 Å². The van der Waals surface area contributed by atoms with Crippen molar-refractivity contribution in [1.29, 1.82) is 0 Å². The van der Waals surface area contributed by atoms with Crippen LogP contribution in [0.5, 0.6) is 0 Å². The molecule has 0 bridgehead atoms. The van der Waals surface area contributed by atoms with Crippen molar-refractivity contribution < 1.29 is 60.1 Å². The molecule has 0 aliphatic carbocycles. The third-order valence-corrected chi connectivity index (χ3v) is 11.6. The van der Waals surface area contributed by atoms with Gasteiger partial charge in [-0.3, -0.25) is 28.8 Å². The molecule has 0 saturated carbocycles. The van der Waals surface area contributed by atoms with E-state index >= 15 is 8.78 Å². The van der Waals surface area contributed by atoms with E-state index in [-0.39, 0.29) is 47.2 Å². The van der Waals surface area contributed by atoms with Crippen LogP contribution in [0.4, 0.5) is 29.7 Å². The molecule has 23 nitrogen and oxygen atoms in total. The highest BCUT2D eigenvalue weighted by molar-refractivity contribution is 7.61. The van der Waals surface area contributed by atoms with Crippen LogP contribution in [0, 0.1) is 11.6 Å². The smallest absolute Gasteiger partial charge is 0.441 e. The number of aromatic nitrogens is 10. The second kappa shape index (κ2) is 16.5. The Morgan fingerprint density at radius 2 is 1.11 bits per heavy atom. The predicted molar refractivity (Wildman–Crippen MR) is 203 cm³/mol. The molecule has 61 heavy (non-hydrogen) atoms. The van der Waals surface area contributed by atoms with Crippen molar-refractivity contribution in [1.82, 2.24) is 50.4 Å². The van der Waals surface area contributed by atoms with Crippen molar-refractivity contribution in [3.05, 3.63) is 84.7 Å². The fourth-order valence-electron chi connectivity index (χ4n) is 6.13. The van der Waals surface area contributed by atoms with Crippen molar-refractivity contribution in [3.8, 4) is 45.3 Å². The minimum atomic E-state index is -5.34. The van der Waals surface area contributed by atoms with Crippen LogP contribution in [0.2, 0.25) is 0 Å². The Bertz CT molecular complexity index is 2540. The average molecular weight is 883 g/mol. The van der Waals surface area contributed by atoms with E-state index in [4.69, 9.17) is 18.5 Å². The first kappa shape index (κ1) is 41.3. The average Bonchev–Trinajstić information content (AvgIpc) is 4.03. The Kier molecular flexibility index (Phi) is 11.2. The van der Waals surface area contributed by atoms with Gasteiger partial charge in [0.25, 0.3) is 0 Å². The molecular formula is C34H30F2N12O11P2. The van der Waals surface area contributed by atoms with Gasteiger partial charge >= 0.3 is 27.8 Å². The molecule has 27 heteroatoms. The van der Waals surface area contributed by atoms with Crippen molar-refractivity contribution in [2.45, 2.75) is 12.2 Å². The van der Waals surface area contributed by atoms with Crippen molar-refractivity contribution in [3.63, 3.8) is 0 Å². The van der Waals surface area contributed by atoms with E-state index in [0.29, 0.717) is 22.5 Å². The Labute approximate surface area is 341 Å². The Morgan fingerprint density at radius 3 is 1.46 bits per heavy atom. The second-order valence-electron chi connectivity index (χ2n) is 13.2. The molecule has 4 unspecified atom stereocenters. The van der Waals surface area contributed by atoms with E-state index in [9.17, 15) is 28.5 Å². The largest absolute Gasteiger partial charge is 0.481 e. The zero-order valence-corrected chi connectivity index (χ0v) is 33.3. The summed E-state index contributed by atoms with van der Waals surface area (Å²) in [5.74, 6) is -0.809. The topological polar surface area (TPSA) is 274 Å². The van der Waals surface area contributed by atoms with E-state index in [1.807, 2.05) is 0 Å². The summed E-state index contributed by atoms with van der Waals surface area (Å²) in [4.78, 5) is 58.8. The molecule has 2 N–H and O–H groups in total. The number of hydrogen-bond acceptors (Lipinski definition) is 17. The summed E-state index contributed by atoms with van der Waals surface area (Å²) in [7, 11) is -7.47. The summed E-state index contributed by atoms with van der Waals surface area (Å²) in [5, 5.41) is 23.4. The third-order valence-electron chi connectivity index (χ3n) is 8.95. The molecule has 0 radical (unpaired) electrons. The van der Waals surface area contributed by atoms with Crippen molar-refractivity contribution >= 4 is 39.2 Å². The lowest BCUT2D eigenvalue weighted by Crippen LogP contribution is -2.26. The number of phosphoric acid groups is 2. The van der Waals surface area contributed by atoms with Crippen LogP contribution in [-0.2, 0) is 46.1 Å². The molecule has 316 valence electrons. The Morgan fingerprint density at radius 1 is 0.689 bits per heavy atom. The normalized spacial score (nSPS) is 18.5. The zero-order chi connectivity index (χ0) is 43.1. The molecule has 6 aromatic rings. The number of ether oxygens (including phenoxy) is 2. The summed E-state index contributed by atoms with van der Waals surface area (Å²) in [6.45, 7) is -2.06. The number of cyclic esters (lactones) is 2. The molecule has 2 amide bonds. The Hall–Kier alpha value is -6.46. The number of halogens is 2. The molecule has 4 aromatic heterocycles. The van der Waals surface area contributed by atoms with Gasteiger partial charge in [-0.1, -0.05) is 12.1 Å². The van der Waals surface area contributed by atoms with Crippen LogP contribution in [0.25, 0.3) is 45.3 Å². The number of tetrazole rings is 2. The summed E-state index contributed by atoms with van der Waals surface area (Å²) < 4.78 is 80.0. The van der Waals surface area contributed by atoms with E-state index in [1.165, 1.54) is 46.3 Å². The lowest BCUT2D eigenvalue weighted by atomic mass is 10.1. The predicted octanol–water partition coefficient (Wildman–Crippen LogP) is 4.07. The zero-order valence-electron chi connectivity index (χ0n) is 31.5. The van der Waals surface area contributed by atoms with E-state index < -0.39 is 64.9 Å². The molecule has 2 aromatic carbocycles. The number of benzene rings is 2. The quantitative estimate of drug-likeness (QED) is 0.146. The number of aryl methyl sites for hydroxylation is 2. The standard InChI is InChI=1S/C34H30F2N12O11P2/c1-45-41-31(39-43-45)29-9-3-19(13-37-29)25-7-5-21(11-27(25)35)47-15-23(57-33(47)49)17-55-60(51,52)59-61(53,54)56-18-24-16-48(34(50)58-24)22-6-8-26(28(36)12-22)20-4-10-30(38-14-20)32-40-44-46(2)42-32/h3-14,23-24H,15-18H2,1-2H3,(H,51,52)(H,53,54). The number of anilines is 2. The lowest BCUT2D eigenvalue weighted by Gasteiger charge is -2.18. The molecular weight excluding hydrogens is 852 g/mol. The molecule has 8 rings (SSSR count). The molecule has 0 spiro atoms. The second-order valence-corrected chi connectivity index (χ2v) is 16.3. The van der Waals surface area contributed by atoms with E-state index in [0.717, 1.165) is 21.9 Å². The number of hydrogen-bond donors (Lipinski definition) is 2. The summed E-state index contributed by atoms with van der Waals surface area (Å²) in [6, 6.07) is 14.4. The maximum Gasteiger partial charge on any atom is 0.481 e. The molecule has 4 atom stereocenters. The van der Waals surface area contributed by atoms with E-state index in [2.05, 4.69) is 45.1 Å². The summed E-state index contributed by atoms with van der Waals surface area (Å²) in [5.41, 5.74) is 2.26. The third kappa shape index (κ3) is 9.32. The highest BCUT2D eigenvalue weighted by atomic mass is 31.3. The number of rotatable bonds is 14. The van der Waals surface area contributed by atoms with Gasteiger partial charge in [-0.2, -0.15) is 13.9 Å². The van der Waals surface area contributed by atoms with E-state index in [1.54, 1.807) is 38.4 Å². The number of nitrogens with zero attached hydrogens (tertiary/aromatic N) is 12. The Balaban J connectivity index is 0.808. The molecule has 2 aliphatic heterocycles. The minimum Gasteiger partial charge on any atom is -0.441 e. The van der Waals surface area contributed by atoms with Crippen molar-refractivity contribution in [2.24, 2.45) is 14.1 Å². The van der Waals surface area contributed by atoms with Gasteiger partial charge in [0.15, 0.2) is 0 Å². The highest BCUT2D eigenvalue weighted by Gasteiger charge is 2.41. The summed E-state index contributed by atoms with van der Waals surface area (Å²) in [6.07, 6.45) is -1.36. The summed E-state index contributed by atoms with van der Waals surface area (Å²) >= 11 is 0. The van der Waals surface area contributed by atoms with Gasteiger partial charge in [-0.15, -0.1) is 20.4 Å². The molecule has 2 fully saturated rings. The number of carbonyl (C=O) groups excluding carboxylic acids is 2. The fraction of sp³-hybridized carbons (Fsp3) is 0.235. The van der Waals surface area contributed by atoms with Gasteiger partial charge in [0.05, 0.1) is 51.8 Å². The number of amides is 2. The lowest BCUT2D eigenvalue weighted by molar-refractivity contribution is 0.0733. The maximum absolute atomic E-state index is 15.2. The monoisotopic (exact) mass is 882 g/mol. The molecule has 2 saturated heterocycles. The first-order valence-corrected chi connectivity index (χ1v) is 20.7. The molecule has 6 heterocycles. The first-order valence-electron chi connectivity index (χ1n) is 17.7. The van der Waals surface area contributed by atoms with Gasteiger partial charge in [-0.25, -0.2) is 27.5 Å². The van der Waals surface area contributed by atoms with Gasteiger partial charge in [-0.05, 0) is 59.0 Å². The van der Waals surface area contributed by atoms with Gasteiger partial charge in [0.2, 0.25) is 11.6 Å². The number of carbonyl (C=O) groups is 2. The number of pyridine rings is 2. The van der Waals surface area contributed by atoms with Crippen LogP contribution in [0.1, 0.15) is 0 Å². The molecule has 2 aliphatic rings. The van der Waals surface area contributed by atoms with Gasteiger partial charge in [0, 0.05) is 34.6 Å². The first-order chi connectivity index (χ1) is 29.1. The van der Waals surface area contributed by atoms with Crippen LogP contribution in [-0.4, -0.2) is 111 Å². The van der Waals surface area contributed by atoms with Gasteiger partial charge in [0.1, 0.15) is 35.2 Å². The van der Waals surface area contributed by atoms with Crippen LogP contribution >= 0.6 is 15.6 Å². The van der Waals surface area contributed by atoms with Crippen molar-refractivity contribution in [2.75, 3.05) is 36.1 Å². The van der Waals surface area contributed by atoms with Crippen LogP contribution in [0.3, 0.4) is 0 Å². The van der Waals surface area contributed by atoms with Crippen LogP contribution < -0.4 is 9.80 Å². The maximum atomic E-state index is 15.2.